The number of carbonyl (C=O) groups excluding carboxylic acids is 1. The Labute approximate surface area is 138 Å². The molecule has 23 heavy (non-hydrogen) atoms. The highest BCUT2D eigenvalue weighted by atomic mass is 16.1. The summed E-state index contributed by atoms with van der Waals surface area (Å²) in [7, 11) is 0. The van der Waals surface area contributed by atoms with E-state index in [0.717, 1.165) is 17.4 Å². The molecule has 0 saturated heterocycles. The van der Waals surface area contributed by atoms with Crippen LogP contribution in [0.2, 0.25) is 0 Å². The molecule has 0 spiro atoms. The van der Waals surface area contributed by atoms with Gasteiger partial charge in [-0.15, -0.1) is 0 Å². The third kappa shape index (κ3) is 2.99. The van der Waals surface area contributed by atoms with Crippen LogP contribution in [0.15, 0.2) is 42.5 Å². The summed E-state index contributed by atoms with van der Waals surface area (Å²) in [4.78, 5) is 12.4. The van der Waals surface area contributed by atoms with E-state index in [9.17, 15) is 4.79 Å². The van der Waals surface area contributed by atoms with Crippen molar-refractivity contribution in [3.05, 3.63) is 48.0 Å². The summed E-state index contributed by atoms with van der Waals surface area (Å²) in [5, 5.41) is 5.70. The van der Waals surface area contributed by atoms with Crippen LogP contribution in [0.5, 0.6) is 0 Å². The summed E-state index contributed by atoms with van der Waals surface area (Å²) in [5.41, 5.74) is 1.10. The Morgan fingerprint density at radius 2 is 1.96 bits per heavy atom. The smallest absolute Gasteiger partial charge is 0.224 e. The van der Waals surface area contributed by atoms with Crippen molar-refractivity contribution >= 4 is 16.7 Å². The number of hydrogen-bond donors (Lipinski definition) is 1. The van der Waals surface area contributed by atoms with Gasteiger partial charge < -0.3 is 5.32 Å². The fourth-order valence-electron chi connectivity index (χ4n) is 4.85. The molecule has 2 bridgehead atoms. The second-order valence-electron chi connectivity index (χ2n) is 7.55. The highest BCUT2D eigenvalue weighted by Crippen LogP contribution is 2.49. The van der Waals surface area contributed by atoms with Gasteiger partial charge in [0.2, 0.25) is 5.91 Å². The Morgan fingerprint density at radius 3 is 2.70 bits per heavy atom. The lowest BCUT2D eigenvalue weighted by Gasteiger charge is -2.28. The van der Waals surface area contributed by atoms with E-state index < -0.39 is 0 Å². The van der Waals surface area contributed by atoms with Gasteiger partial charge in [0.15, 0.2) is 0 Å². The van der Waals surface area contributed by atoms with Crippen LogP contribution in [0, 0.1) is 17.8 Å². The third-order valence-corrected chi connectivity index (χ3v) is 6.00. The first-order valence-corrected chi connectivity index (χ1v) is 8.96. The largest absolute Gasteiger partial charge is 0.353 e. The molecule has 2 aliphatic rings. The van der Waals surface area contributed by atoms with Crippen LogP contribution in [0.4, 0.5) is 0 Å². The number of carbonyl (C=O) groups is 1. The van der Waals surface area contributed by atoms with Crippen molar-refractivity contribution in [3.8, 4) is 0 Å². The van der Waals surface area contributed by atoms with Crippen LogP contribution < -0.4 is 5.32 Å². The number of benzene rings is 2. The lowest BCUT2D eigenvalue weighted by atomic mass is 9.84. The van der Waals surface area contributed by atoms with Crippen LogP contribution in [0.1, 0.15) is 38.2 Å². The molecular formula is C21H25NO. The molecule has 2 nitrogen and oxygen atoms in total. The zero-order chi connectivity index (χ0) is 15.8. The number of rotatable bonds is 4. The fourth-order valence-corrected chi connectivity index (χ4v) is 4.85. The number of amides is 1. The Bertz CT molecular complexity index is 723. The van der Waals surface area contributed by atoms with Gasteiger partial charge in [0, 0.05) is 6.04 Å². The molecule has 0 unspecified atom stereocenters. The summed E-state index contributed by atoms with van der Waals surface area (Å²) in [6.07, 6.45) is 5.99. The van der Waals surface area contributed by atoms with E-state index in [-0.39, 0.29) is 5.91 Å². The first-order chi connectivity index (χ1) is 11.2. The summed E-state index contributed by atoms with van der Waals surface area (Å²) in [6, 6.07) is 14.9. The molecule has 2 aliphatic carbocycles. The predicted octanol–water partition coefficient (Wildman–Crippen LogP) is 4.32. The maximum Gasteiger partial charge on any atom is 0.224 e. The maximum absolute atomic E-state index is 12.4. The van der Waals surface area contributed by atoms with Crippen LogP contribution in [-0.4, -0.2) is 11.9 Å². The van der Waals surface area contributed by atoms with Gasteiger partial charge >= 0.3 is 0 Å². The summed E-state index contributed by atoms with van der Waals surface area (Å²) in [6.45, 7) is 2.20. The van der Waals surface area contributed by atoms with Gasteiger partial charge in [-0.1, -0.05) is 48.9 Å². The second kappa shape index (κ2) is 5.99. The average Bonchev–Trinajstić information content (AvgIpc) is 3.17. The summed E-state index contributed by atoms with van der Waals surface area (Å²) >= 11 is 0. The molecule has 2 fully saturated rings. The van der Waals surface area contributed by atoms with E-state index in [4.69, 9.17) is 0 Å². The van der Waals surface area contributed by atoms with Crippen LogP contribution in [0.25, 0.3) is 10.8 Å². The number of hydrogen-bond acceptors (Lipinski definition) is 1. The van der Waals surface area contributed by atoms with E-state index in [1.807, 2.05) is 12.1 Å². The van der Waals surface area contributed by atoms with Crippen LogP contribution in [0.3, 0.4) is 0 Å². The number of fused-ring (bicyclic) bond motifs is 3. The SMILES string of the molecule is C[C@H](NC(=O)Cc1ccc2ccccc2c1)[C@H]1C[C@@H]2CC[C@@H]1C2. The molecule has 0 heterocycles. The minimum atomic E-state index is 0.163. The van der Waals surface area contributed by atoms with Gasteiger partial charge in [0.25, 0.3) is 0 Å². The molecule has 2 aromatic carbocycles. The molecule has 1 amide bonds. The molecule has 0 radical (unpaired) electrons. The van der Waals surface area contributed by atoms with Gasteiger partial charge in [-0.05, 0) is 60.3 Å². The van der Waals surface area contributed by atoms with E-state index in [1.54, 1.807) is 0 Å². The molecule has 2 heteroatoms. The lowest BCUT2D eigenvalue weighted by molar-refractivity contribution is -0.121. The zero-order valence-electron chi connectivity index (χ0n) is 13.8. The Balaban J connectivity index is 1.39. The zero-order valence-corrected chi connectivity index (χ0v) is 13.8. The second-order valence-corrected chi connectivity index (χ2v) is 7.55. The molecule has 0 aromatic heterocycles. The first-order valence-electron chi connectivity index (χ1n) is 8.96. The van der Waals surface area contributed by atoms with E-state index >= 15 is 0 Å². The molecule has 0 aliphatic heterocycles. The van der Waals surface area contributed by atoms with Crippen molar-refractivity contribution in [2.75, 3.05) is 0 Å². The van der Waals surface area contributed by atoms with Crippen molar-refractivity contribution in [1.82, 2.24) is 5.32 Å². The highest BCUT2D eigenvalue weighted by Gasteiger charge is 2.42. The van der Waals surface area contributed by atoms with E-state index in [2.05, 4.69) is 42.6 Å². The van der Waals surface area contributed by atoms with Crippen molar-refractivity contribution < 1.29 is 4.79 Å². The predicted molar refractivity (Wildman–Crippen MR) is 94.2 cm³/mol. The van der Waals surface area contributed by atoms with E-state index in [0.29, 0.717) is 18.4 Å². The third-order valence-electron chi connectivity index (χ3n) is 6.00. The molecule has 120 valence electrons. The van der Waals surface area contributed by atoms with Crippen LogP contribution >= 0.6 is 0 Å². The van der Waals surface area contributed by atoms with Crippen molar-refractivity contribution in [2.45, 2.75) is 45.1 Å². The minimum absolute atomic E-state index is 0.163. The standard InChI is InChI=1S/C21H25NO/c1-14(20-12-15-7-9-19(20)11-15)22-21(23)13-16-6-8-17-4-2-3-5-18(17)10-16/h2-6,8,10,14-15,19-20H,7,9,11-13H2,1H3,(H,22,23)/t14-,15+,19+,20+/m0/s1. The number of nitrogens with one attached hydrogen (secondary N) is 1. The molecule has 2 aromatic rings. The highest BCUT2D eigenvalue weighted by molar-refractivity contribution is 5.85. The van der Waals surface area contributed by atoms with Crippen molar-refractivity contribution in [2.24, 2.45) is 17.8 Å². The Morgan fingerprint density at radius 1 is 1.13 bits per heavy atom. The van der Waals surface area contributed by atoms with Gasteiger partial charge in [0.1, 0.15) is 0 Å². The van der Waals surface area contributed by atoms with Crippen molar-refractivity contribution in [3.63, 3.8) is 0 Å². The molecule has 4 atom stereocenters. The van der Waals surface area contributed by atoms with Gasteiger partial charge in [-0.25, -0.2) is 0 Å². The maximum atomic E-state index is 12.4. The topological polar surface area (TPSA) is 29.1 Å². The quantitative estimate of drug-likeness (QED) is 0.895. The Kier molecular flexibility index (Phi) is 3.84. The molecule has 2 saturated carbocycles. The minimum Gasteiger partial charge on any atom is -0.353 e. The van der Waals surface area contributed by atoms with Gasteiger partial charge in [0.05, 0.1) is 6.42 Å². The Hall–Kier alpha value is -1.83. The average molecular weight is 307 g/mol. The van der Waals surface area contributed by atoms with Gasteiger partial charge in [-0.3, -0.25) is 4.79 Å². The van der Waals surface area contributed by atoms with Crippen molar-refractivity contribution in [1.29, 1.82) is 0 Å². The molecule has 1 N–H and O–H groups in total. The monoisotopic (exact) mass is 307 g/mol. The molecular weight excluding hydrogens is 282 g/mol. The first kappa shape index (κ1) is 14.7. The van der Waals surface area contributed by atoms with Gasteiger partial charge in [-0.2, -0.15) is 0 Å². The summed E-state index contributed by atoms with van der Waals surface area (Å²) < 4.78 is 0. The lowest BCUT2D eigenvalue weighted by Crippen LogP contribution is -2.40. The van der Waals surface area contributed by atoms with Crippen LogP contribution in [-0.2, 0) is 11.2 Å². The summed E-state index contributed by atoms with van der Waals surface area (Å²) in [5.74, 6) is 2.66. The molecule has 4 rings (SSSR count). The normalized spacial score (nSPS) is 27.3. The fraction of sp³-hybridized carbons (Fsp3) is 0.476. The van der Waals surface area contributed by atoms with E-state index in [1.165, 1.54) is 36.5 Å².